The molecule has 1 heterocycles. The highest BCUT2D eigenvalue weighted by atomic mass is 16.7. The third-order valence-corrected chi connectivity index (χ3v) is 5.32. The Kier molecular flexibility index (Phi) is 6.00. The molecule has 2 rings (SSSR count). The van der Waals surface area contributed by atoms with Gasteiger partial charge in [0.15, 0.2) is 0 Å². The molecule has 5 heteroatoms. The minimum absolute atomic E-state index is 0.0668. The third-order valence-electron chi connectivity index (χ3n) is 5.32. The number of carbonyl (C=O) groups is 1. The number of nitrogens with zero attached hydrogens (tertiary/aromatic N) is 1. The molecule has 1 aromatic carbocycles. The second kappa shape index (κ2) is 7.51. The minimum atomic E-state index is -0.518. The molecule has 0 saturated carbocycles. The van der Waals surface area contributed by atoms with E-state index in [9.17, 15) is 4.79 Å². The highest BCUT2D eigenvalue weighted by Crippen LogP contribution is 2.37. The number of hydrogen-bond acceptors (Lipinski definition) is 3. The van der Waals surface area contributed by atoms with E-state index in [2.05, 4.69) is 13.8 Å². The Morgan fingerprint density at radius 3 is 2.04 bits per heavy atom. The van der Waals surface area contributed by atoms with Gasteiger partial charge in [-0.15, -0.1) is 0 Å². The van der Waals surface area contributed by atoms with Crippen LogP contribution in [-0.2, 0) is 9.31 Å². The van der Waals surface area contributed by atoms with Crippen molar-refractivity contribution < 1.29 is 14.1 Å². The lowest BCUT2D eigenvalue weighted by atomic mass is 9.73. The summed E-state index contributed by atoms with van der Waals surface area (Å²) in [7, 11) is -0.518. The SMILES string of the molecule is CCCN(CCC)C(=O)c1cccc(C)c1B1OC(C)(C)C(C)(C)O1. The number of aryl methyl sites for hydroxylation is 1. The van der Waals surface area contributed by atoms with Crippen LogP contribution in [0, 0.1) is 6.92 Å². The van der Waals surface area contributed by atoms with Crippen molar-refractivity contribution in [2.75, 3.05) is 13.1 Å². The molecule has 0 aliphatic carbocycles. The van der Waals surface area contributed by atoms with Crippen molar-refractivity contribution in [3.8, 4) is 0 Å². The molecule has 0 aromatic heterocycles. The second-order valence-corrected chi connectivity index (χ2v) is 7.92. The van der Waals surface area contributed by atoms with E-state index in [1.165, 1.54) is 0 Å². The Hall–Kier alpha value is -1.33. The number of amides is 1. The van der Waals surface area contributed by atoms with Crippen molar-refractivity contribution in [3.63, 3.8) is 0 Å². The van der Waals surface area contributed by atoms with E-state index in [0.717, 1.165) is 37.0 Å². The first kappa shape index (κ1) is 20.0. The maximum absolute atomic E-state index is 13.2. The van der Waals surface area contributed by atoms with Crippen LogP contribution in [0.25, 0.3) is 0 Å². The molecule has 0 bridgehead atoms. The summed E-state index contributed by atoms with van der Waals surface area (Å²) in [5, 5.41) is 0. The molecule has 0 unspecified atom stereocenters. The van der Waals surface area contributed by atoms with Crippen molar-refractivity contribution >= 4 is 18.5 Å². The van der Waals surface area contributed by atoms with Crippen LogP contribution >= 0.6 is 0 Å². The lowest BCUT2D eigenvalue weighted by molar-refractivity contribution is 0.00578. The topological polar surface area (TPSA) is 38.8 Å². The van der Waals surface area contributed by atoms with E-state index >= 15 is 0 Å². The summed E-state index contributed by atoms with van der Waals surface area (Å²) >= 11 is 0. The minimum Gasteiger partial charge on any atom is -0.399 e. The molecule has 4 nitrogen and oxygen atoms in total. The lowest BCUT2D eigenvalue weighted by Gasteiger charge is -2.32. The highest BCUT2D eigenvalue weighted by molar-refractivity contribution is 6.64. The van der Waals surface area contributed by atoms with Gasteiger partial charge in [-0.05, 0) is 59.0 Å². The third kappa shape index (κ3) is 3.93. The zero-order valence-corrected chi connectivity index (χ0v) is 16.8. The Labute approximate surface area is 153 Å². The molecule has 1 saturated heterocycles. The highest BCUT2D eigenvalue weighted by Gasteiger charge is 2.52. The standard InChI is InChI=1S/C20H32BNO3/c1-8-13-22(14-9-2)18(23)16-12-10-11-15(3)17(16)21-24-19(4,5)20(6,7)25-21/h10-12H,8-9,13-14H2,1-7H3. The fraction of sp³-hybridized carbons (Fsp3) is 0.650. The predicted octanol–water partition coefficient (Wildman–Crippen LogP) is 3.56. The van der Waals surface area contributed by atoms with E-state index in [0.29, 0.717) is 5.56 Å². The molecule has 0 N–H and O–H groups in total. The van der Waals surface area contributed by atoms with Gasteiger partial charge in [-0.25, -0.2) is 0 Å². The molecule has 1 amide bonds. The van der Waals surface area contributed by atoms with Crippen molar-refractivity contribution in [2.45, 2.75) is 72.5 Å². The fourth-order valence-corrected chi connectivity index (χ4v) is 3.17. The maximum atomic E-state index is 13.2. The van der Waals surface area contributed by atoms with E-state index in [1.807, 2.05) is 57.7 Å². The first-order valence-corrected chi connectivity index (χ1v) is 9.39. The molecule has 0 atom stereocenters. The molecule has 1 aliphatic rings. The molecular formula is C20H32BNO3. The average Bonchev–Trinajstić information content (AvgIpc) is 2.73. The van der Waals surface area contributed by atoms with Crippen molar-refractivity contribution in [1.29, 1.82) is 0 Å². The molecule has 1 aromatic rings. The number of rotatable bonds is 6. The van der Waals surface area contributed by atoms with Crippen LogP contribution in [-0.4, -0.2) is 42.2 Å². The second-order valence-electron chi connectivity index (χ2n) is 7.92. The largest absolute Gasteiger partial charge is 0.495 e. The summed E-state index contributed by atoms with van der Waals surface area (Å²) < 4.78 is 12.5. The average molecular weight is 345 g/mol. The van der Waals surface area contributed by atoms with Crippen LogP contribution in [0.3, 0.4) is 0 Å². The van der Waals surface area contributed by atoms with E-state index in [-0.39, 0.29) is 5.91 Å². The van der Waals surface area contributed by atoms with Crippen LogP contribution in [0.5, 0.6) is 0 Å². The summed E-state index contributed by atoms with van der Waals surface area (Å²) in [5.74, 6) is 0.0668. The lowest BCUT2D eigenvalue weighted by Crippen LogP contribution is -2.43. The Balaban J connectivity index is 2.42. The zero-order chi connectivity index (χ0) is 18.8. The summed E-state index contributed by atoms with van der Waals surface area (Å²) in [6, 6.07) is 5.85. The Bertz CT molecular complexity index is 605. The normalized spacial score (nSPS) is 18.4. The first-order valence-electron chi connectivity index (χ1n) is 9.39. The van der Waals surface area contributed by atoms with Crippen molar-refractivity contribution in [2.24, 2.45) is 0 Å². The van der Waals surface area contributed by atoms with Gasteiger partial charge in [0, 0.05) is 18.7 Å². The maximum Gasteiger partial charge on any atom is 0.495 e. The van der Waals surface area contributed by atoms with Crippen molar-refractivity contribution in [3.05, 3.63) is 29.3 Å². The number of carbonyl (C=O) groups excluding carboxylic acids is 1. The van der Waals surface area contributed by atoms with Gasteiger partial charge in [-0.2, -0.15) is 0 Å². The van der Waals surface area contributed by atoms with Gasteiger partial charge in [0.1, 0.15) is 0 Å². The van der Waals surface area contributed by atoms with Gasteiger partial charge in [0.25, 0.3) is 5.91 Å². The van der Waals surface area contributed by atoms with Crippen LogP contribution in [0.4, 0.5) is 0 Å². The first-order chi connectivity index (χ1) is 11.6. The van der Waals surface area contributed by atoms with Gasteiger partial charge in [-0.3, -0.25) is 4.79 Å². The molecule has 1 aliphatic heterocycles. The van der Waals surface area contributed by atoms with Crippen LogP contribution in [0.2, 0.25) is 0 Å². The molecule has 138 valence electrons. The summed E-state index contributed by atoms with van der Waals surface area (Å²) in [4.78, 5) is 15.1. The molecule has 0 spiro atoms. The Morgan fingerprint density at radius 1 is 1.04 bits per heavy atom. The van der Waals surface area contributed by atoms with Gasteiger partial charge >= 0.3 is 7.12 Å². The predicted molar refractivity (Wildman–Crippen MR) is 103 cm³/mol. The van der Waals surface area contributed by atoms with Gasteiger partial charge in [-0.1, -0.05) is 31.5 Å². The van der Waals surface area contributed by atoms with Gasteiger partial charge in [0.2, 0.25) is 0 Å². The molecule has 1 fully saturated rings. The smallest absolute Gasteiger partial charge is 0.399 e. The molecule has 25 heavy (non-hydrogen) atoms. The van der Waals surface area contributed by atoms with E-state index in [1.54, 1.807) is 0 Å². The summed E-state index contributed by atoms with van der Waals surface area (Å²) in [6.07, 6.45) is 1.90. The molecular weight excluding hydrogens is 313 g/mol. The zero-order valence-electron chi connectivity index (χ0n) is 16.8. The number of benzene rings is 1. The summed E-state index contributed by atoms with van der Waals surface area (Å²) in [6.45, 7) is 15.9. The monoisotopic (exact) mass is 345 g/mol. The van der Waals surface area contributed by atoms with Gasteiger partial charge < -0.3 is 14.2 Å². The van der Waals surface area contributed by atoms with E-state index in [4.69, 9.17) is 9.31 Å². The number of hydrogen-bond donors (Lipinski definition) is 0. The fourth-order valence-electron chi connectivity index (χ4n) is 3.17. The van der Waals surface area contributed by atoms with Crippen LogP contribution < -0.4 is 5.46 Å². The van der Waals surface area contributed by atoms with Crippen LogP contribution in [0.15, 0.2) is 18.2 Å². The quantitative estimate of drug-likeness (QED) is 0.740. The van der Waals surface area contributed by atoms with Crippen LogP contribution in [0.1, 0.15) is 70.3 Å². The van der Waals surface area contributed by atoms with E-state index < -0.39 is 18.3 Å². The van der Waals surface area contributed by atoms with Gasteiger partial charge in [0.05, 0.1) is 11.2 Å². The Morgan fingerprint density at radius 2 is 1.56 bits per heavy atom. The van der Waals surface area contributed by atoms with Crippen molar-refractivity contribution in [1.82, 2.24) is 4.90 Å². The summed E-state index contributed by atoms with van der Waals surface area (Å²) in [5.41, 5.74) is 1.74. The molecule has 0 radical (unpaired) electrons.